The van der Waals surface area contributed by atoms with Crippen LogP contribution in [0, 0.1) is 0 Å². The van der Waals surface area contributed by atoms with Crippen molar-refractivity contribution in [3.05, 3.63) is 0 Å². The zero-order valence-corrected chi connectivity index (χ0v) is 21.2. The highest BCUT2D eigenvalue weighted by molar-refractivity contribution is 8.13. The third-order valence-corrected chi connectivity index (χ3v) is 8.09. The predicted molar refractivity (Wildman–Crippen MR) is 121 cm³/mol. The van der Waals surface area contributed by atoms with Crippen molar-refractivity contribution in [3.8, 4) is 0 Å². The van der Waals surface area contributed by atoms with Crippen LogP contribution in [0.15, 0.2) is 0 Å². The first-order chi connectivity index (χ1) is 13.7. The zero-order chi connectivity index (χ0) is 22.2. The van der Waals surface area contributed by atoms with Gasteiger partial charge in [0.25, 0.3) is 0 Å². The SMILES string of the molecule is CCO[Si](CCCSC(=O)CCCCCCC(=O)OC(C)(C)C)(OCC)OCC. The van der Waals surface area contributed by atoms with E-state index in [1.54, 1.807) is 0 Å². The lowest BCUT2D eigenvalue weighted by Crippen LogP contribution is -2.46. The van der Waals surface area contributed by atoms with Crippen molar-refractivity contribution in [3.63, 3.8) is 0 Å². The Bertz CT molecular complexity index is 436. The summed E-state index contributed by atoms with van der Waals surface area (Å²) in [5, 5.41) is 0.230. The van der Waals surface area contributed by atoms with E-state index in [9.17, 15) is 9.59 Å². The van der Waals surface area contributed by atoms with Crippen LogP contribution in [0.4, 0.5) is 0 Å². The topological polar surface area (TPSA) is 71.1 Å². The number of hydrogen-bond donors (Lipinski definition) is 0. The highest BCUT2D eigenvalue weighted by Crippen LogP contribution is 2.21. The molecule has 0 saturated heterocycles. The Morgan fingerprint density at radius 1 is 0.793 bits per heavy atom. The number of rotatable bonds is 17. The highest BCUT2D eigenvalue weighted by Gasteiger charge is 2.39. The first-order valence-electron chi connectivity index (χ1n) is 11.0. The molecule has 0 unspecified atom stereocenters. The first-order valence-corrected chi connectivity index (χ1v) is 13.9. The molecule has 0 aliphatic rings. The van der Waals surface area contributed by atoms with E-state index in [-0.39, 0.29) is 11.1 Å². The van der Waals surface area contributed by atoms with Gasteiger partial charge in [-0.05, 0) is 60.8 Å². The van der Waals surface area contributed by atoms with Gasteiger partial charge in [-0.1, -0.05) is 24.6 Å². The summed E-state index contributed by atoms with van der Waals surface area (Å²) < 4.78 is 22.8. The van der Waals surface area contributed by atoms with Crippen LogP contribution in [-0.4, -0.2) is 51.1 Å². The van der Waals surface area contributed by atoms with Gasteiger partial charge in [-0.2, -0.15) is 0 Å². The summed E-state index contributed by atoms with van der Waals surface area (Å²) in [5.74, 6) is 0.620. The largest absolute Gasteiger partial charge is 0.500 e. The summed E-state index contributed by atoms with van der Waals surface area (Å²) >= 11 is 1.39. The average Bonchev–Trinajstić information content (AvgIpc) is 2.61. The number of ether oxygens (including phenoxy) is 1. The van der Waals surface area contributed by atoms with Crippen LogP contribution in [0.5, 0.6) is 0 Å². The molecule has 0 aromatic rings. The number of unbranched alkanes of at least 4 members (excludes halogenated alkanes) is 3. The number of thioether (sulfide) groups is 1. The number of hydrogen-bond acceptors (Lipinski definition) is 7. The van der Waals surface area contributed by atoms with Gasteiger partial charge in [0.2, 0.25) is 0 Å². The molecule has 29 heavy (non-hydrogen) atoms. The normalized spacial score (nSPS) is 12.2. The second-order valence-electron chi connectivity index (χ2n) is 7.81. The fourth-order valence-corrected chi connectivity index (χ4v) is 6.51. The molecular formula is C21H42O6SSi. The monoisotopic (exact) mass is 450 g/mol. The van der Waals surface area contributed by atoms with Crippen molar-refractivity contribution in [2.75, 3.05) is 25.6 Å². The molecule has 0 aromatic carbocycles. The second kappa shape index (κ2) is 16.3. The zero-order valence-electron chi connectivity index (χ0n) is 19.3. The number of esters is 1. The van der Waals surface area contributed by atoms with Crippen molar-refractivity contribution in [1.82, 2.24) is 0 Å². The molecule has 0 aliphatic heterocycles. The molecule has 0 amide bonds. The molecule has 0 rings (SSSR count). The van der Waals surface area contributed by atoms with Gasteiger partial charge in [0.05, 0.1) is 0 Å². The van der Waals surface area contributed by atoms with E-state index in [1.165, 1.54) is 11.8 Å². The van der Waals surface area contributed by atoms with E-state index in [0.717, 1.165) is 43.9 Å². The number of carbonyl (C=O) groups excluding carboxylic acids is 2. The Kier molecular flexibility index (Phi) is 16.1. The predicted octanol–water partition coefficient (Wildman–Crippen LogP) is 5.37. The van der Waals surface area contributed by atoms with E-state index in [4.69, 9.17) is 18.0 Å². The summed E-state index contributed by atoms with van der Waals surface area (Å²) in [5.41, 5.74) is -0.420. The minimum Gasteiger partial charge on any atom is -0.460 e. The van der Waals surface area contributed by atoms with Gasteiger partial charge in [0.15, 0.2) is 5.12 Å². The molecule has 0 fully saturated rings. The van der Waals surface area contributed by atoms with E-state index in [0.29, 0.717) is 32.7 Å². The van der Waals surface area contributed by atoms with Crippen LogP contribution in [0.1, 0.15) is 86.5 Å². The molecule has 0 heterocycles. The van der Waals surface area contributed by atoms with Gasteiger partial charge >= 0.3 is 14.8 Å². The minimum atomic E-state index is -2.59. The van der Waals surface area contributed by atoms with Crippen molar-refractivity contribution in [2.45, 2.75) is 98.1 Å². The maximum absolute atomic E-state index is 12.0. The lowest BCUT2D eigenvalue weighted by atomic mass is 10.1. The summed E-state index contributed by atoms with van der Waals surface area (Å²) in [4.78, 5) is 23.7. The maximum Gasteiger partial charge on any atom is 0.500 e. The lowest BCUT2D eigenvalue weighted by Gasteiger charge is -2.28. The molecule has 0 N–H and O–H groups in total. The van der Waals surface area contributed by atoms with E-state index >= 15 is 0 Å². The quantitative estimate of drug-likeness (QED) is 0.168. The van der Waals surface area contributed by atoms with E-state index in [2.05, 4.69) is 0 Å². The maximum atomic E-state index is 12.0. The van der Waals surface area contributed by atoms with Crippen LogP contribution < -0.4 is 0 Å². The molecule has 0 aliphatic carbocycles. The van der Waals surface area contributed by atoms with Crippen LogP contribution in [0.3, 0.4) is 0 Å². The van der Waals surface area contributed by atoms with Gasteiger partial charge in [-0.15, -0.1) is 0 Å². The van der Waals surface area contributed by atoms with Crippen molar-refractivity contribution < 1.29 is 27.6 Å². The Morgan fingerprint density at radius 2 is 1.31 bits per heavy atom. The Morgan fingerprint density at radius 3 is 1.79 bits per heavy atom. The fraction of sp³-hybridized carbons (Fsp3) is 0.905. The van der Waals surface area contributed by atoms with Crippen LogP contribution >= 0.6 is 11.8 Å². The van der Waals surface area contributed by atoms with Gasteiger partial charge in [0, 0.05) is 44.5 Å². The Labute approximate surface area is 183 Å². The van der Waals surface area contributed by atoms with Gasteiger partial charge in [-0.25, -0.2) is 0 Å². The fourth-order valence-electron chi connectivity index (χ4n) is 2.83. The molecule has 0 spiro atoms. The van der Waals surface area contributed by atoms with Crippen LogP contribution in [0.2, 0.25) is 6.04 Å². The van der Waals surface area contributed by atoms with Crippen LogP contribution in [0.25, 0.3) is 0 Å². The van der Waals surface area contributed by atoms with Crippen molar-refractivity contribution in [1.29, 1.82) is 0 Å². The molecule has 0 radical (unpaired) electrons. The van der Waals surface area contributed by atoms with E-state index in [1.807, 2.05) is 41.5 Å². The third kappa shape index (κ3) is 16.0. The Balaban J connectivity index is 3.87. The molecule has 6 nitrogen and oxygen atoms in total. The van der Waals surface area contributed by atoms with Gasteiger partial charge < -0.3 is 18.0 Å². The average molecular weight is 451 g/mol. The van der Waals surface area contributed by atoms with Crippen LogP contribution in [-0.2, 0) is 27.6 Å². The van der Waals surface area contributed by atoms with Gasteiger partial charge in [0.1, 0.15) is 5.60 Å². The summed E-state index contributed by atoms with van der Waals surface area (Å²) in [6, 6.07) is 0.744. The van der Waals surface area contributed by atoms with Gasteiger partial charge in [-0.3, -0.25) is 9.59 Å². The smallest absolute Gasteiger partial charge is 0.460 e. The van der Waals surface area contributed by atoms with E-state index < -0.39 is 14.4 Å². The molecule has 0 bridgehead atoms. The van der Waals surface area contributed by atoms with Crippen molar-refractivity contribution >= 4 is 31.7 Å². The molecule has 0 saturated carbocycles. The molecule has 0 aromatic heterocycles. The second-order valence-corrected chi connectivity index (χ2v) is 11.7. The summed E-state index contributed by atoms with van der Waals surface area (Å²) in [7, 11) is -2.59. The highest BCUT2D eigenvalue weighted by atomic mass is 32.2. The standard InChI is InChI=1S/C21H42O6SSi/c1-7-24-29(25-8-2,26-9-3)18-14-17-28-20(23)16-13-11-10-12-15-19(22)27-21(4,5)6/h7-18H2,1-6H3. The minimum absolute atomic E-state index is 0.144. The molecule has 0 atom stereocenters. The lowest BCUT2D eigenvalue weighted by molar-refractivity contribution is -0.154. The Hall–Kier alpha value is -0.413. The van der Waals surface area contributed by atoms with Crippen molar-refractivity contribution in [2.24, 2.45) is 0 Å². The molecular weight excluding hydrogens is 408 g/mol. The molecule has 8 heteroatoms. The number of carbonyl (C=O) groups is 2. The third-order valence-electron chi connectivity index (χ3n) is 3.91. The molecule has 172 valence electrons. The summed E-state index contributed by atoms with van der Waals surface area (Å²) in [6.45, 7) is 13.2. The first kappa shape index (κ1) is 28.6. The summed E-state index contributed by atoms with van der Waals surface area (Å²) in [6.07, 6.45) is 5.48.